The lowest BCUT2D eigenvalue weighted by Gasteiger charge is -2.33. The Bertz CT molecular complexity index is 1390. The Morgan fingerprint density at radius 1 is 0.923 bits per heavy atom. The highest BCUT2D eigenvalue weighted by Crippen LogP contribution is 2.31. The van der Waals surface area contributed by atoms with Crippen LogP contribution < -0.4 is 9.62 Å². The fourth-order valence-electron chi connectivity index (χ4n) is 4.30. The molecule has 39 heavy (non-hydrogen) atoms. The molecule has 0 fully saturated rings. The van der Waals surface area contributed by atoms with Crippen LogP contribution in [-0.2, 0) is 26.2 Å². The molecule has 0 bridgehead atoms. The third-order valence-corrected chi connectivity index (χ3v) is 8.47. The fourth-order valence-corrected chi connectivity index (χ4v) is 6.02. The van der Waals surface area contributed by atoms with E-state index in [1.807, 2.05) is 52.0 Å². The van der Waals surface area contributed by atoms with Gasteiger partial charge in [-0.2, -0.15) is 0 Å². The predicted molar refractivity (Wildman–Crippen MR) is 156 cm³/mol. The number of carbonyl (C=O) groups excluding carboxylic acids is 2. The summed E-state index contributed by atoms with van der Waals surface area (Å²) >= 11 is 6.45. The van der Waals surface area contributed by atoms with Crippen molar-refractivity contribution >= 4 is 39.1 Å². The van der Waals surface area contributed by atoms with Crippen LogP contribution in [0.25, 0.3) is 0 Å². The first kappa shape index (κ1) is 30.2. The molecule has 208 valence electrons. The quantitative estimate of drug-likeness (QED) is 0.313. The largest absolute Gasteiger partial charge is 0.354 e. The highest BCUT2D eigenvalue weighted by atomic mass is 35.5. The number of carbonyl (C=O) groups is 2. The molecule has 3 aromatic rings. The molecule has 0 radical (unpaired) electrons. The molecule has 0 unspecified atom stereocenters. The number of nitrogens with zero attached hydrogens (tertiary/aromatic N) is 2. The number of benzene rings is 3. The Morgan fingerprint density at radius 3 is 2.23 bits per heavy atom. The van der Waals surface area contributed by atoms with Crippen molar-refractivity contribution in [2.45, 2.75) is 58.0 Å². The van der Waals surface area contributed by atoms with Crippen LogP contribution in [0.4, 0.5) is 5.69 Å². The van der Waals surface area contributed by atoms with E-state index in [2.05, 4.69) is 5.32 Å². The number of rotatable bonds is 12. The van der Waals surface area contributed by atoms with Crippen LogP contribution in [0.2, 0.25) is 5.02 Å². The maximum Gasteiger partial charge on any atom is 0.264 e. The maximum atomic E-state index is 14.0. The zero-order valence-electron chi connectivity index (χ0n) is 22.9. The molecular weight excluding hydrogens is 534 g/mol. The van der Waals surface area contributed by atoms with Crippen LogP contribution in [-0.4, -0.2) is 44.3 Å². The van der Waals surface area contributed by atoms with Gasteiger partial charge in [-0.25, -0.2) is 8.42 Å². The van der Waals surface area contributed by atoms with Crippen molar-refractivity contribution in [2.75, 3.05) is 17.4 Å². The average molecular weight is 570 g/mol. The molecule has 0 heterocycles. The average Bonchev–Trinajstić information content (AvgIpc) is 2.91. The third kappa shape index (κ3) is 7.61. The summed E-state index contributed by atoms with van der Waals surface area (Å²) in [6.45, 7) is 7.71. The molecule has 0 aliphatic carbocycles. The minimum absolute atomic E-state index is 0.0405. The Kier molecular flexibility index (Phi) is 10.5. The number of halogens is 1. The van der Waals surface area contributed by atoms with Crippen LogP contribution in [0.3, 0.4) is 0 Å². The van der Waals surface area contributed by atoms with E-state index in [-0.39, 0.29) is 28.1 Å². The third-order valence-electron chi connectivity index (χ3n) is 6.38. The van der Waals surface area contributed by atoms with Crippen LogP contribution >= 0.6 is 11.6 Å². The molecule has 3 aromatic carbocycles. The van der Waals surface area contributed by atoms with Gasteiger partial charge in [0.15, 0.2) is 0 Å². The first-order valence-electron chi connectivity index (χ1n) is 13.0. The van der Waals surface area contributed by atoms with Crippen LogP contribution in [0.15, 0.2) is 77.7 Å². The van der Waals surface area contributed by atoms with E-state index in [4.69, 9.17) is 11.6 Å². The minimum Gasteiger partial charge on any atom is -0.354 e. The molecule has 1 atom stereocenters. The molecule has 0 saturated heterocycles. The second kappa shape index (κ2) is 13.6. The van der Waals surface area contributed by atoms with Gasteiger partial charge in [0.2, 0.25) is 11.8 Å². The number of amides is 2. The first-order chi connectivity index (χ1) is 18.6. The molecule has 7 nitrogen and oxygen atoms in total. The Hall–Kier alpha value is -3.36. The second-order valence-corrected chi connectivity index (χ2v) is 11.8. The highest BCUT2D eigenvalue weighted by Gasteiger charge is 2.34. The van der Waals surface area contributed by atoms with Gasteiger partial charge in [0.05, 0.1) is 15.6 Å². The zero-order chi connectivity index (χ0) is 28.6. The van der Waals surface area contributed by atoms with Crippen molar-refractivity contribution in [3.63, 3.8) is 0 Å². The number of sulfonamides is 1. The Labute approximate surface area is 236 Å². The standard InChI is InChI=1S/C30H36ClN3O4S/c1-5-18-32-30(36)27(6-2)33(20-24-11-9-10-23(4)19-24)29(35)21-34(28-13-8-7-12-26(28)31)39(37,38)25-16-14-22(3)15-17-25/h7-17,19,27H,5-6,18,20-21H2,1-4H3,(H,32,36)/t27-/m0/s1. The molecule has 0 spiro atoms. The number of hydrogen-bond donors (Lipinski definition) is 1. The number of aryl methyl sites for hydroxylation is 2. The molecule has 0 aliphatic rings. The van der Waals surface area contributed by atoms with Crippen molar-refractivity contribution in [2.24, 2.45) is 0 Å². The summed E-state index contributed by atoms with van der Waals surface area (Å²) < 4.78 is 28.8. The Balaban J connectivity index is 2.06. The maximum absolute atomic E-state index is 14.0. The lowest BCUT2D eigenvalue weighted by molar-refractivity contribution is -0.140. The number of anilines is 1. The molecular formula is C30H36ClN3O4S. The van der Waals surface area contributed by atoms with Gasteiger partial charge in [-0.3, -0.25) is 13.9 Å². The zero-order valence-corrected chi connectivity index (χ0v) is 24.4. The topological polar surface area (TPSA) is 86.8 Å². The van der Waals surface area contributed by atoms with Gasteiger partial charge in [0, 0.05) is 13.1 Å². The summed E-state index contributed by atoms with van der Waals surface area (Å²) in [7, 11) is -4.17. The molecule has 2 amide bonds. The Morgan fingerprint density at radius 2 is 1.62 bits per heavy atom. The van der Waals surface area contributed by atoms with Crippen molar-refractivity contribution in [3.05, 3.63) is 94.5 Å². The minimum atomic E-state index is -4.17. The number of hydrogen-bond acceptors (Lipinski definition) is 4. The van der Waals surface area contributed by atoms with E-state index in [0.717, 1.165) is 27.4 Å². The number of para-hydroxylation sites is 1. The van der Waals surface area contributed by atoms with Crippen molar-refractivity contribution < 1.29 is 18.0 Å². The van der Waals surface area contributed by atoms with Crippen LogP contribution in [0, 0.1) is 13.8 Å². The van der Waals surface area contributed by atoms with Crippen molar-refractivity contribution in [1.29, 1.82) is 0 Å². The monoisotopic (exact) mass is 569 g/mol. The SMILES string of the molecule is CCCNC(=O)[C@H](CC)N(Cc1cccc(C)c1)C(=O)CN(c1ccccc1Cl)S(=O)(=O)c1ccc(C)cc1. The summed E-state index contributed by atoms with van der Waals surface area (Å²) in [6.07, 6.45) is 1.12. The van der Waals surface area contributed by atoms with Crippen LogP contribution in [0.5, 0.6) is 0 Å². The summed E-state index contributed by atoms with van der Waals surface area (Å²) in [6, 6.07) is 19.8. The van der Waals surface area contributed by atoms with E-state index < -0.39 is 28.5 Å². The normalized spacial score (nSPS) is 12.0. The van der Waals surface area contributed by atoms with Crippen molar-refractivity contribution in [3.8, 4) is 0 Å². The van der Waals surface area contributed by atoms with Gasteiger partial charge in [-0.1, -0.05) is 85.1 Å². The molecule has 9 heteroatoms. The van der Waals surface area contributed by atoms with Gasteiger partial charge in [-0.05, 0) is 56.5 Å². The van der Waals surface area contributed by atoms with Gasteiger partial charge in [0.25, 0.3) is 10.0 Å². The molecule has 0 aliphatic heterocycles. The van der Waals surface area contributed by atoms with E-state index in [9.17, 15) is 18.0 Å². The van der Waals surface area contributed by atoms with E-state index in [1.54, 1.807) is 36.4 Å². The molecule has 3 rings (SSSR count). The van der Waals surface area contributed by atoms with Gasteiger partial charge < -0.3 is 10.2 Å². The predicted octanol–water partition coefficient (Wildman–Crippen LogP) is 5.49. The van der Waals surface area contributed by atoms with Crippen molar-refractivity contribution in [1.82, 2.24) is 10.2 Å². The highest BCUT2D eigenvalue weighted by molar-refractivity contribution is 7.92. The number of nitrogens with one attached hydrogen (secondary N) is 1. The lowest BCUT2D eigenvalue weighted by Crippen LogP contribution is -2.52. The molecule has 0 saturated carbocycles. The molecule has 0 aromatic heterocycles. The molecule has 1 N–H and O–H groups in total. The summed E-state index contributed by atoms with van der Waals surface area (Å²) in [4.78, 5) is 28.7. The second-order valence-electron chi connectivity index (χ2n) is 9.50. The first-order valence-corrected chi connectivity index (χ1v) is 14.9. The lowest BCUT2D eigenvalue weighted by atomic mass is 10.1. The smallest absolute Gasteiger partial charge is 0.264 e. The van der Waals surface area contributed by atoms with Crippen LogP contribution in [0.1, 0.15) is 43.4 Å². The summed E-state index contributed by atoms with van der Waals surface area (Å²) in [5, 5.41) is 3.08. The van der Waals surface area contributed by atoms with Gasteiger partial charge in [-0.15, -0.1) is 0 Å². The fraction of sp³-hybridized carbons (Fsp3) is 0.333. The summed E-state index contributed by atoms with van der Waals surface area (Å²) in [5.74, 6) is -0.781. The van der Waals surface area contributed by atoms with E-state index in [1.165, 1.54) is 17.0 Å². The van der Waals surface area contributed by atoms with Gasteiger partial charge in [0.1, 0.15) is 12.6 Å². The van der Waals surface area contributed by atoms with Gasteiger partial charge >= 0.3 is 0 Å². The van der Waals surface area contributed by atoms with E-state index >= 15 is 0 Å². The van der Waals surface area contributed by atoms with E-state index in [0.29, 0.717) is 13.0 Å². The summed E-state index contributed by atoms with van der Waals surface area (Å²) in [5.41, 5.74) is 2.95.